The summed E-state index contributed by atoms with van der Waals surface area (Å²) in [7, 11) is 0. The zero-order valence-electron chi connectivity index (χ0n) is 9.85. The number of halogens is 1. The number of benzene rings is 1. The number of hydrogen-bond donors (Lipinski definition) is 5. The molecule has 7 heteroatoms. The topological polar surface area (TPSA) is 110 Å². The minimum atomic E-state index is -1.45. The SMILES string of the molecule is OCC1OC(c2ccc(Cl)c(O)c2)C(O)C(O)C1O. The molecule has 1 aromatic rings. The van der Waals surface area contributed by atoms with Crippen molar-refractivity contribution in [3.63, 3.8) is 0 Å². The van der Waals surface area contributed by atoms with E-state index in [4.69, 9.17) is 21.4 Å². The molecular formula is C12H15ClO6. The summed E-state index contributed by atoms with van der Waals surface area (Å²) in [6.45, 7) is -0.499. The van der Waals surface area contributed by atoms with E-state index >= 15 is 0 Å². The van der Waals surface area contributed by atoms with Crippen molar-refractivity contribution >= 4 is 11.6 Å². The Hall–Kier alpha value is -0.890. The molecule has 5 atom stereocenters. The van der Waals surface area contributed by atoms with Crippen molar-refractivity contribution in [3.8, 4) is 5.75 Å². The molecule has 0 amide bonds. The van der Waals surface area contributed by atoms with Gasteiger partial charge < -0.3 is 30.3 Å². The Morgan fingerprint density at radius 3 is 2.37 bits per heavy atom. The van der Waals surface area contributed by atoms with Gasteiger partial charge in [0.05, 0.1) is 11.6 Å². The third-order valence-corrected chi connectivity index (χ3v) is 3.51. The van der Waals surface area contributed by atoms with Crippen molar-refractivity contribution in [3.05, 3.63) is 28.8 Å². The van der Waals surface area contributed by atoms with Crippen molar-refractivity contribution in [2.45, 2.75) is 30.5 Å². The predicted octanol–water partition coefficient (Wildman–Crippen LogP) is -0.440. The van der Waals surface area contributed by atoms with E-state index in [1.165, 1.54) is 18.2 Å². The van der Waals surface area contributed by atoms with Gasteiger partial charge in [0.1, 0.15) is 36.3 Å². The van der Waals surface area contributed by atoms with Gasteiger partial charge in [-0.3, -0.25) is 0 Å². The molecule has 0 saturated carbocycles. The van der Waals surface area contributed by atoms with Crippen LogP contribution in [-0.4, -0.2) is 56.6 Å². The van der Waals surface area contributed by atoms with E-state index in [-0.39, 0.29) is 10.8 Å². The molecule has 1 aliphatic heterocycles. The molecule has 1 saturated heterocycles. The van der Waals surface area contributed by atoms with Crippen molar-refractivity contribution in [1.29, 1.82) is 0 Å². The van der Waals surface area contributed by atoms with Crippen LogP contribution < -0.4 is 0 Å². The van der Waals surface area contributed by atoms with E-state index in [0.29, 0.717) is 5.56 Å². The highest BCUT2D eigenvalue weighted by Gasteiger charge is 2.43. The van der Waals surface area contributed by atoms with Gasteiger partial charge in [0, 0.05) is 0 Å². The van der Waals surface area contributed by atoms with Crippen LogP contribution in [0.4, 0.5) is 0 Å². The fourth-order valence-electron chi connectivity index (χ4n) is 2.08. The molecule has 0 aromatic heterocycles. The molecule has 1 heterocycles. The van der Waals surface area contributed by atoms with Crippen LogP contribution in [0.3, 0.4) is 0 Å². The lowest BCUT2D eigenvalue weighted by atomic mass is 9.91. The summed E-state index contributed by atoms with van der Waals surface area (Å²) in [5.74, 6) is -0.184. The Kier molecular flexibility index (Phi) is 4.29. The highest BCUT2D eigenvalue weighted by Crippen LogP contribution is 2.35. The molecule has 0 bridgehead atoms. The van der Waals surface area contributed by atoms with Crippen LogP contribution in [0, 0.1) is 0 Å². The second-order valence-electron chi connectivity index (χ2n) is 4.46. The summed E-state index contributed by atoms with van der Waals surface area (Å²) >= 11 is 5.68. The summed E-state index contributed by atoms with van der Waals surface area (Å²) in [6.07, 6.45) is -6.19. The van der Waals surface area contributed by atoms with E-state index in [2.05, 4.69) is 0 Å². The quantitative estimate of drug-likeness (QED) is 0.505. The maximum atomic E-state index is 9.90. The molecule has 1 fully saturated rings. The second kappa shape index (κ2) is 5.62. The van der Waals surface area contributed by atoms with Gasteiger partial charge in [-0.25, -0.2) is 0 Å². The van der Waals surface area contributed by atoms with Gasteiger partial charge >= 0.3 is 0 Å². The Morgan fingerprint density at radius 2 is 1.79 bits per heavy atom. The van der Waals surface area contributed by atoms with Crippen molar-refractivity contribution < 1.29 is 30.3 Å². The number of aliphatic hydroxyl groups excluding tert-OH is 4. The molecule has 106 valence electrons. The smallest absolute Gasteiger partial charge is 0.134 e. The number of aliphatic hydroxyl groups is 4. The standard InChI is InChI=1S/C12H15ClO6/c13-6-2-1-5(3-7(6)15)12-11(18)10(17)9(16)8(4-14)19-12/h1-3,8-12,14-18H,4H2. The zero-order chi connectivity index (χ0) is 14.2. The molecule has 5 unspecified atom stereocenters. The molecule has 0 spiro atoms. The molecule has 2 rings (SSSR count). The monoisotopic (exact) mass is 290 g/mol. The van der Waals surface area contributed by atoms with Gasteiger partial charge in [0.25, 0.3) is 0 Å². The van der Waals surface area contributed by atoms with E-state index in [9.17, 15) is 20.4 Å². The largest absolute Gasteiger partial charge is 0.506 e. The number of ether oxygens (including phenoxy) is 1. The van der Waals surface area contributed by atoms with Gasteiger partial charge in [-0.2, -0.15) is 0 Å². The van der Waals surface area contributed by atoms with Crippen LogP contribution in [0.5, 0.6) is 5.75 Å². The maximum absolute atomic E-state index is 9.90. The fourth-order valence-corrected chi connectivity index (χ4v) is 2.20. The average Bonchev–Trinajstić information content (AvgIpc) is 2.40. The number of rotatable bonds is 2. The molecular weight excluding hydrogens is 276 g/mol. The molecule has 1 aromatic carbocycles. The van der Waals surface area contributed by atoms with Gasteiger partial charge in [0.2, 0.25) is 0 Å². The Bertz CT molecular complexity index is 452. The Morgan fingerprint density at radius 1 is 1.11 bits per heavy atom. The highest BCUT2D eigenvalue weighted by molar-refractivity contribution is 6.32. The van der Waals surface area contributed by atoms with Crippen molar-refractivity contribution in [1.82, 2.24) is 0 Å². The average molecular weight is 291 g/mol. The molecule has 1 aliphatic rings. The predicted molar refractivity (Wildman–Crippen MR) is 65.8 cm³/mol. The minimum absolute atomic E-state index is 0.147. The summed E-state index contributed by atoms with van der Waals surface area (Å²) in [5, 5.41) is 48.0. The first-order valence-corrected chi connectivity index (χ1v) is 6.12. The van der Waals surface area contributed by atoms with Crippen molar-refractivity contribution in [2.75, 3.05) is 6.61 Å². The summed E-state index contributed by atoms with van der Waals surface area (Å²) < 4.78 is 5.35. The third-order valence-electron chi connectivity index (χ3n) is 3.19. The molecule has 0 aliphatic carbocycles. The third kappa shape index (κ3) is 2.69. The normalized spacial score (nSPS) is 35.3. The van der Waals surface area contributed by atoms with Gasteiger partial charge in [0.15, 0.2) is 0 Å². The van der Waals surface area contributed by atoms with Crippen LogP contribution in [0.2, 0.25) is 5.02 Å². The molecule has 6 nitrogen and oxygen atoms in total. The molecule has 5 N–H and O–H groups in total. The number of hydrogen-bond acceptors (Lipinski definition) is 6. The lowest BCUT2D eigenvalue weighted by Gasteiger charge is -2.40. The lowest BCUT2D eigenvalue weighted by molar-refractivity contribution is -0.231. The van der Waals surface area contributed by atoms with E-state index in [1.54, 1.807) is 0 Å². The first kappa shape index (κ1) is 14.5. The number of phenolic OH excluding ortho intramolecular Hbond substituents is 1. The maximum Gasteiger partial charge on any atom is 0.134 e. The number of phenols is 1. The first-order chi connectivity index (χ1) is 8.95. The van der Waals surface area contributed by atoms with Crippen LogP contribution in [0.25, 0.3) is 0 Å². The summed E-state index contributed by atoms with van der Waals surface area (Å²) in [4.78, 5) is 0. The lowest BCUT2D eigenvalue weighted by Crippen LogP contribution is -2.55. The second-order valence-corrected chi connectivity index (χ2v) is 4.87. The fraction of sp³-hybridized carbons (Fsp3) is 0.500. The van der Waals surface area contributed by atoms with Gasteiger partial charge in [-0.05, 0) is 17.7 Å². The van der Waals surface area contributed by atoms with Crippen molar-refractivity contribution in [2.24, 2.45) is 0 Å². The number of aromatic hydroxyl groups is 1. The summed E-state index contributed by atoms with van der Waals surface area (Å²) in [5.41, 5.74) is 0.388. The molecule has 0 radical (unpaired) electrons. The van der Waals surface area contributed by atoms with Crippen LogP contribution in [-0.2, 0) is 4.74 Å². The summed E-state index contributed by atoms with van der Waals surface area (Å²) in [6, 6.07) is 4.25. The Labute approximate surface area is 114 Å². The van der Waals surface area contributed by atoms with E-state index in [1.807, 2.05) is 0 Å². The zero-order valence-corrected chi connectivity index (χ0v) is 10.6. The first-order valence-electron chi connectivity index (χ1n) is 5.74. The van der Waals surface area contributed by atoms with Gasteiger partial charge in [-0.1, -0.05) is 17.7 Å². The minimum Gasteiger partial charge on any atom is -0.506 e. The highest BCUT2D eigenvalue weighted by atomic mass is 35.5. The van der Waals surface area contributed by atoms with Crippen LogP contribution >= 0.6 is 11.6 Å². The Balaban J connectivity index is 2.29. The molecule has 19 heavy (non-hydrogen) atoms. The van der Waals surface area contributed by atoms with E-state index < -0.39 is 37.1 Å². The van der Waals surface area contributed by atoms with Crippen LogP contribution in [0.1, 0.15) is 11.7 Å². The van der Waals surface area contributed by atoms with E-state index in [0.717, 1.165) is 0 Å². The van der Waals surface area contributed by atoms with Crippen LogP contribution in [0.15, 0.2) is 18.2 Å². The van der Waals surface area contributed by atoms with Gasteiger partial charge in [-0.15, -0.1) is 0 Å².